The van der Waals surface area contributed by atoms with Crippen molar-refractivity contribution in [2.45, 2.75) is 25.8 Å². The maximum absolute atomic E-state index is 5.72. The Kier molecular flexibility index (Phi) is 2.55. The molecule has 3 N–H and O–H groups in total. The van der Waals surface area contributed by atoms with E-state index in [1.807, 2.05) is 13.0 Å². The van der Waals surface area contributed by atoms with Gasteiger partial charge in [-0.15, -0.1) is 0 Å². The summed E-state index contributed by atoms with van der Waals surface area (Å²) < 4.78 is 0. The highest BCUT2D eigenvalue weighted by Crippen LogP contribution is 2.15. The van der Waals surface area contributed by atoms with E-state index < -0.39 is 0 Å². The smallest absolute Gasteiger partial charge is 0.0456 e. The van der Waals surface area contributed by atoms with E-state index in [0.29, 0.717) is 0 Å². The van der Waals surface area contributed by atoms with E-state index in [9.17, 15) is 0 Å². The third-order valence-electron chi connectivity index (χ3n) is 2.45. The number of aryl methyl sites for hydroxylation is 1. The van der Waals surface area contributed by atoms with Gasteiger partial charge in [0.2, 0.25) is 0 Å². The molecule has 0 bridgehead atoms. The number of hydrogen-bond acceptors (Lipinski definition) is 1. The summed E-state index contributed by atoms with van der Waals surface area (Å²) in [6.07, 6.45) is 2.07. The summed E-state index contributed by atoms with van der Waals surface area (Å²) in [7, 11) is 0. The predicted octanol–water partition coefficient (Wildman–Crippen LogP) is 2.45. The molecule has 14 heavy (non-hydrogen) atoms. The van der Waals surface area contributed by atoms with Gasteiger partial charge in [-0.25, -0.2) is 0 Å². The Morgan fingerprint density at radius 1 is 1.36 bits per heavy atom. The first-order valence-electron chi connectivity index (χ1n) is 5.08. The Bertz CT molecular complexity index is 382. The number of para-hydroxylation sites is 1. The van der Waals surface area contributed by atoms with Crippen molar-refractivity contribution in [1.82, 2.24) is 4.98 Å². The lowest BCUT2D eigenvalue weighted by molar-refractivity contribution is 0.660. The van der Waals surface area contributed by atoms with Gasteiger partial charge < -0.3 is 10.7 Å². The second-order valence-electron chi connectivity index (χ2n) is 3.90. The highest BCUT2D eigenvalue weighted by atomic mass is 14.7. The number of nitrogens with one attached hydrogen (secondary N) is 1. The highest BCUT2D eigenvalue weighted by molar-refractivity contribution is 5.80. The minimum atomic E-state index is 0.279. The van der Waals surface area contributed by atoms with Crippen LogP contribution in [0, 0.1) is 0 Å². The Labute approximate surface area is 84.1 Å². The molecule has 0 aliphatic carbocycles. The van der Waals surface area contributed by atoms with E-state index in [1.54, 1.807) is 0 Å². The lowest BCUT2D eigenvalue weighted by atomic mass is 10.1. The van der Waals surface area contributed by atoms with Gasteiger partial charge in [0.15, 0.2) is 0 Å². The molecule has 2 nitrogen and oxygen atoms in total. The molecule has 1 aromatic heterocycles. The van der Waals surface area contributed by atoms with Gasteiger partial charge >= 0.3 is 0 Å². The molecule has 0 saturated heterocycles. The van der Waals surface area contributed by atoms with Crippen LogP contribution in [0.15, 0.2) is 30.3 Å². The van der Waals surface area contributed by atoms with Crippen molar-refractivity contribution in [2.24, 2.45) is 5.73 Å². The van der Waals surface area contributed by atoms with Crippen LogP contribution in [0.1, 0.15) is 19.0 Å². The fourth-order valence-corrected chi connectivity index (χ4v) is 1.65. The van der Waals surface area contributed by atoms with Gasteiger partial charge in [0.1, 0.15) is 0 Å². The van der Waals surface area contributed by atoms with E-state index in [1.165, 1.54) is 16.6 Å². The lowest BCUT2D eigenvalue weighted by Crippen LogP contribution is -2.15. The topological polar surface area (TPSA) is 41.8 Å². The third-order valence-corrected chi connectivity index (χ3v) is 2.45. The second-order valence-corrected chi connectivity index (χ2v) is 3.90. The van der Waals surface area contributed by atoms with Gasteiger partial charge in [-0.05, 0) is 37.3 Å². The summed E-state index contributed by atoms with van der Waals surface area (Å²) in [4.78, 5) is 3.40. The first-order chi connectivity index (χ1) is 6.75. The van der Waals surface area contributed by atoms with Crippen molar-refractivity contribution in [2.75, 3.05) is 0 Å². The monoisotopic (exact) mass is 188 g/mol. The van der Waals surface area contributed by atoms with Gasteiger partial charge in [0.05, 0.1) is 0 Å². The Morgan fingerprint density at radius 3 is 2.86 bits per heavy atom. The van der Waals surface area contributed by atoms with Crippen molar-refractivity contribution >= 4 is 10.9 Å². The largest absolute Gasteiger partial charge is 0.358 e. The van der Waals surface area contributed by atoms with Gasteiger partial charge in [-0.2, -0.15) is 0 Å². The third kappa shape index (κ3) is 1.96. The van der Waals surface area contributed by atoms with E-state index in [0.717, 1.165) is 12.8 Å². The van der Waals surface area contributed by atoms with Crippen molar-refractivity contribution < 1.29 is 0 Å². The van der Waals surface area contributed by atoms with Gasteiger partial charge in [-0.1, -0.05) is 18.2 Å². The van der Waals surface area contributed by atoms with Crippen LogP contribution in [0.25, 0.3) is 10.9 Å². The average Bonchev–Trinajstić information content (AvgIpc) is 2.57. The molecule has 0 unspecified atom stereocenters. The first kappa shape index (κ1) is 9.28. The fraction of sp³-hybridized carbons (Fsp3) is 0.333. The molecule has 2 heteroatoms. The van der Waals surface area contributed by atoms with Crippen molar-refractivity contribution in [3.8, 4) is 0 Å². The Morgan fingerprint density at radius 2 is 2.14 bits per heavy atom. The molecule has 0 aliphatic heterocycles. The zero-order valence-corrected chi connectivity index (χ0v) is 8.46. The molecular weight excluding hydrogens is 172 g/mol. The number of nitrogens with two attached hydrogens (primary N) is 1. The molecule has 0 fully saturated rings. The SMILES string of the molecule is C[C@H](N)CCc1cc2ccccc2[nH]1. The fourth-order valence-electron chi connectivity index (χ4n) is 1.65. The molecule has 0 amide bonds. The minimum Gasteiger partial charge on any atom is -0.358 e. The molecule has 0 saturated carbocycles. The van der Waals surface area contributed by atoms with Crippen LogP contribution < -0.4 is 5.73 Å². The molecule has 1 heterocycles. The van der Waals surface area contributed by atoms with Gasteiger partial charge in [-0.3, -0.25) is 0 Å². The van der Waals surface area contributed by atoms with Crippen LogP contribution >= 0.6 is 0 Å². The number of hydrogen-bond donors (Lipinski definition) is 2. The minimum absolute atomic E-state index is 0.279. The van der Waals surface area contributed by atoms with Gasteiger partial charge in [0.25, 0.3) is 0 Å². The number of aromatic amines is 1. The first-order valence-corrected chi connectivity index (χ1v) is 5.08. The Balaban J connectivity index is 2.19. The molecule has 0 radical (unpaired) electrons. The van der Waals surface area contributed by atoms with Crippen LogP contribution in [0.2, 0.25) is 0 Å². The van der Waals surface area contributed by atoms with Crippen molar-refractivity contribution in [3.63, 3.8) is 0 Å². The summed E-state index contributed by atoms with van der Waals surface area (Å²) in [5, 5.41) is 1.28. The molecular formula is C12H16N2. The summed E-state index contributed by atoms with van der Waals surface area (Å²) in [6, 6.07) is 10.8. The van der Waals surface area contributed by atoms with Crippen molar-refractivity contribution in [1.29, 1.82) is 0 Å². The van der Waals surface area contributed by atoms with Crippen LogP contribution in [0.3, 0.4) is 0 Å². The quantitative estimate of drug-likeness (QED) is 0.763. The number of fused-ring (bicyclic) bond motifs is 1. The van der Waals surface area contributed by atoms with E-state index >= 15 is 0 Å². The van der Waals surface area contributed by atoms with Crippen LogP contribution in [0.4, 0.5) is 0 Å². The molecule has 74 valence electrons. The number of aromatic nitrogens is 1. The summed E-state index contributed by atoms with van der Waals surface area (Å²) in [5.41, 5.74) is 8.22. The second kappa shape index (κ2) is 3.84. The molecule has 0 spiro atoms. The van der Waals surface area contributed by atoms with E-state index in [4.69, 9.17) is 5.73 Å². The van der Waals surface area contributed by atoms with Crippen molar-refractivity contribution in [3.05, 3.63) is 36.0 Å². The lowest BCUT2D eigenvalue weighted by Gasteiger charge is -2.01. The summed E-state index contributed by atoms with van der Waals surface area (Å²) >= 11 is 0. The summed E-state index contributed by atoms with van der Waals surface area (Å²) in [5.74, 6) is 0. The normalized spacial score (nSPS) is 13.3. The van der Waals surface area contributed by atoms with Crippen LogP contribution in [-0.4, -0.2) is 11.0 Å². The highest BCUT2D eigenvalue weighted by Gasteiger charge is 2.01. The van der Waals surface area contributed by atoms with E-state index in [2.05, 4.69) is 29.2 Å². The predicted molar refractivity (Wildman–Crippen MR) is 60.3 cm³/mol. The zero-order valence-electron chi connectivity index (χ0n) is 8.46. The maximum Gasteiger partial charge on any atom is 0.0456 e. The van der Waals surface area contributed by atoms with Crippen LogP contribution in [0.5, 0.6) is 0 Å². The number of benzene rings is 1. The molecule has 2 rings (SSSR count). The zero-order chi connectivity index (χ0) is 9.97. The Hall–Kier alpha value is -1.28. The summed E-state index contributed by atoms with van der Waals surface area (Å²) in [6.45, 7) is 2.04. The molecule has 1 aromatic carbocycles. The molecule has 1 atom stereocenters. The van der Waals surface area contributed by atoms with E-state index in [-0.39, 0.29) is 6.04 Å². The molecule has 0 aliphatic rings. The average molecular weight is 188 g/mol. The van der Waals surface area contributed by atoms with Crippen LogP contribution in [-0.2, 0) is 6.42 Å². The van der Waals surface area contributed by atoms with Gasteiger partial charge in [0, 0.05) is 17.3 Å². The number of H-pyrrole nitrogens is 1. The maximum atomic E-state index is 5.72. The number of rotatable bonds is 3. The molecule has 2 aromatic rings. The standard InChI is InChI=1S/C12H16N2/c1-9(13)6-7-11-8-10-4-2-3-5-12(10)14-11/h2-5,8-9,14H,6-7,13H2,1H3/t9-/m0/s1.